The Kier molecular flexibility index (Phi) is 130. The van der Waals surface area contributed by atoms with Crippen molar-refractivity contribution in [3.05, 3.63) is 10.1 Å². The quantitative estimate of drug-likeness (QED) is 0.373. The standard InChI is InChI=1S/Gd.HNO3.3H2O/c;2-1(3)4;;;/h;(H,2,3,4);3*1H2. The van der Waals surface area contributed by atoms with Crippen molar-refractivity contribution >= 4 is 0 Å². The van der Waals surface area contributed by atoms with E-state index in [1.54, 1.807) is 0 Å². The summed E-state index contributed by atoms with van der Waals surface area (Å²) in [4.78, 5) is 8.36. The molecule has 7 N–H and O–H groups in total. The zero-order valence-corrected chi connectivity index (χ0v) is 5.83. The van der Waals surface area contributed by atoms with Crippen molar-refractivity contribution in [3.8, 4) is 0 Å². The Morgan fingerprint density at radius 3 is 1.25 bits per heavy atom. The second-order valence-electron chi connectivity index (χ2n) is 0.238. The summed E-state index contributed by atoms with van der Waals surface area (Å²) in [6.45, 7) is 0. The van der Waals surface area contributed by atoms with Crippen LogP contribution in [0.3, 0.4) is 0 Å². The van der Waals surface area contributed by atoms with Gasteiger partial charge in [-0.05, 0) is 0 Å². The molecular formula is H7GdNO6. The summed E-state index contributed by atoms with van der Waals surface area (Å²) in [6, 6.07) is 0. The minimum atomic E-state index is -1.50. The number of rotatable bonds is 0. The summed E-state index contributed by atoms with van der Waals surface area (Å²) in [5.41, 5.74) is 0. The van der Waals surface area contributed by atoms with Gasteiger partial charge < -0.3 is 21.6 Å². The minimum Gasteiger partial charge on any atom is -0.412 e. The van der Waals surface area contributed by atoms with Crippen molar-refractivity contribution in [2.24, 2.45) is 0 Å². The van der Waals surface area contributed by atoms with Crippen LogP contribution in [0, 0.1) is 50.1 Å². The van der Waals surface area contributed by atoms with Gasteiger partial charge in [0.1, 0.15) is 0 Å². The molecule has 8 heteroatoms. The molecule has 8 heavy (non-hydrogen) atoms. The molecule has 0 rings (SSSR count). The Balaban J connectivity index is -0.00000000750. The van der Waals surface area contributed by atoms with Crippen LogP contribution in [0.25, 0.3) is 0 Å². The topological polar surface area (TPSA) is 158 Å². The van der Waals surface area contributed by atoms with E-state index in [2.05, 4.69) is 0 Å². The first kappa shape index (κ1) is 39.8. The molecule has 0 saturated carbocycles. The Bertz CT molecular complexity index is 31.5. The molecule has 0 radical (unpaired) electrons. The fraction of sp³-hybridized carbons (Fsp3) is 0. The predicted molar refractivity (Wildman–Crippen MR) is 19.6 cm³/mol. The van der Waals surface area contributed by atoms with Gasteiger partial charge in [-0.2, -0.15) is 0 Å². The van der Waals surface area contributed by atoms with Crippen LogP contribution in [0.1, 0.15) is 0 Å². The maximum absolute atomic E-state index is 8.36. The van der Waals surface area contributed by atoms with E-state index in [0.717, 1.165) is 0 Å². The van der Waals surface area contributed by atoms with Gasteiger partial charge in [0.05, 0.1) is 0 Å². The van der Waals surface area contributed by atoms with Crippen molar-refractivity contribution in [1.82, 2.24) is 0 Å². The predicted octanol–water partition coefficient (Wildman–Crippen LogP) is -2.82. The number of hydrogen-bond acceptors (Lipinski definition) is 2. The van der Waals surface area contributed by atoms with E-state index in [-0.39, 0.29) is 56.4 Å². The molecule has 0 aromatic carbocycles. The first-order valence-corrected chi connectivity index (χ1v) is 0.565. The van der Waals surface area contributed by atoms with Gasteiger partial charge in [0, 0.05) is 39.9 Å². The molecule has 0 spiro atoms. The number of hydrogen-bond donors (Lipinski definition) is 1. The summed E-state index contributed by atoms with van der Waals surface area (Å²) in [5.74, 6) is 0. The Morgan fingerprint density at radius 2 is 1.25 bits per heavy atom. The van der Waals surface area contributed by atoms with E-state index in [9.17, 15) is 0 Å². The zero-order chi connectivity index (χ0) is 3.58. The van der Waals surface area contributed by atoms with Crippen LogP contribution in [-0.4, -0.2) is 26.7 Å². The van der Waals surface area contributed by atoms with Gasteiger partial charge in [-0.1, -0.05) is 0 Å². The van der Waals surface area contributed by atoms with Crippen molar-refractivity contribution in [1.29, 1.82) is 0 Å². The van der Waals surface area contributed by atoms with Gasteiger partial charge in [0.15, 0.2) is 0 Å². The molecule has 0 atom stereocenters. The molecule has 0 heterocycles. The van der Waals surface area contributed by atoms with Gasteiger partial charge in [-0.15, -0.1) is 10.1 Å². The Labute approximate surface area is 76.4 Å². The van der Waals surface area contributed by atoms with Crippen molar-refractivity contribution < 1.29 is 66.7 Å². The van der Waals surface area contributed by atoms with E-state index in [1.807, 2.05) is 0 Å². The average molecular weight is 274 g/mol. The Hall–Kier alpha value is 0.405. The first-order chi connectivity index (χ1) is 1.73. The van der Waals surface area contributed by atoms with E-state index in [0.29, 0.717) is 0 Å². The maximum atomic E-state index is 8.36. The van der Waals surface area contributed by atoms with E-state index in [4.69, 9.17) is 15.3 Å². The van der Waals surface area contributed by atoms with Crippen LogP contribution in [-0.2, 0) is 0 Å². The SMILES string of the molecule is O.O.O.O=[N+]([O-])O.[Gd]. The molecule has 0 aliphatic rings. The molecule has 0 unspecified atom stereocenters. The monoisotopic (exact) mass is 275 g/mol. The molecule has 0 amide bonds. The third kappa shape index (κ3) is 1140. The summed E-state index contributed by atoms with van der Waals surface area (Å²) >= 11 is 0. The molecule has 0 saturated heterocycles. The van der Waals surface area contributed by atoms with Crippen LogP contribution in [0.2, 0.25) is 0 Å². The van der Waals surface area contributed by atoms with Gasteiger partial charge in [0.2, 0.25) is 0 Å². The molecule has 0 bridgehead atoms. The van der Waals surface area contributed by atoms with Crippen LogP contribution >= 0.6 is 0 Å². The molecule has 0 aromatic heterocycles. The van der Waals surface area contributed by atoms with Crippen molar-refractivity contribution in [2.45, 2.75) is 0 Å². The summed E-state index contributed by atoms with van der Waals surface area (Å²) in [7, 11) is 0. The Morgan fingerprint density at radius 1 is 1.25 bits per heavy atom. The molecular weight excluding hydrogens is 267 g/mol. The van der Waals surface area contributed by atoms with Crippen molar-refractivity contribution in [3.63, 3.8) is 0 Å². The van der Waals surface area contributed by atoms with Crippen LogP contribution in [0.15, 0.2) is 0 Å². The van der Waals surface area contributed by atoms with Crippen LogP contribution in [0.4, 0.5) is 0 Å². The molecule has 7 nitrogen and oxygen atoms in total. The first-order valence-electron chi connectivity index (χ1n) is 0.565. The van der Waals surface area contributed by atoms with Gasteiger partial charge in [0.25, 0.3) is 5.09 Å². The van der Waals surface area contributed by atoms with E-state index < -0.39 is 5.09 Å². The molecule has 0 aliphatic carbocycles. The van der Waals surface area contributed by atoms with E-state index in [1.165, 1.54) is 0 Å². The van der Waals surface area contributed by atoms with Crippen molar-refractivity contribution in [2.75, 3.05) is 0 Å². The summed E-state index contributed by atoms with van der Waals surface area (Å²) in [6.07, 6.45) is 0. The fourth-order valence-corrected chi connectivity index (χ4v) is 0. The van der Waals surface area contributed by atoms with Gasteiger partial charge in [-0.3, -0.25) is 0 Å². The smallest absolute Gasteiger partial charge is 0.291 e. The molecule has 56 valence electrons. The fourth-order valence-electron chi connectivity index (χ4n) is 0. The second-order valence-corrected chi connectivity index (χ2v) is 0.238. The molecule has 0 aliphatic heterocycles. The maximum Gasteiger partial charge on any atom is 0.291 e. The number of nitrogens with zero attached hydrogens (tertiary/aromatic N) is 1. The minimum absolute atomic E-state index is 0. The normalized spacial score (nSPS) is 3.00. The third-order valence-electron chi connectivity index (χ3n) is 0. The molecule has 0 aromatic rings. The van der Waals surface area contributed by atoms with Gasteiger partial charge in [-0.25, -0.2) is 0 Å². The molecule has 0 fully saturated rings. The summed E-state index contributed by atoms with van der Waals surface area (Å²) in [5, 5.41) is 13.6. The average Bonchev–Trinajstić information content (AvgIpc) is 0.811. The largest absolute Gasteiger partial charge is 0.412 e. The third-order valence-corrected chi connectivity index (χ3v) is 0. The zero-order valence-electron chi connectivity index (χ0n) is 3.56. The second kappa shape index (κ2) is 26.2. The van der Waals surface area contributed by atoms with Crippen LogP contribution in [0.5, 0.6) is 0 Å². The van der Waals surface area contributed by atoms with E-state index >= 15 is 0 Å². The summed E-state index contributed by atoms with van der Waals surface area (Å²) < 4.78 is 0. The van der Waals surface area contributed by atoms with Gasteiger partial charge >= 0.3 is 0 Å². The van der Waals surface area contributed by atoms with Crippen LogP contribution < -0.4 is 0 Å².